The fourth-order valence-corrected chi connectivity index (χ4v) is 2.60. The lowest BCUT2D eigenvalue weighted by atomic mass is 10.1. The zero-order valence-corrected chi connectivity index (χ0v) is 13.6. The highest BCUT2D eigenvalue weighted by atomic mass is 35.5. The molecule has 0 spiro atoms. The molecule has 7 heteroatoms. The van der Waals surface area contributed by atoms with E-state index in [1.54, 1.807) is 24.3 Å². The van der Waals surface area contributed by atoms with E-state index in [-0.39, 0.29) is 23.1 Å². The van der Waals surface area contributed by atoms with Crippen LogP contribution in [0.2, 0.25) is 5.22 Å². The Hall–Kier alpha value is -2.31. The minimum atomic E-state index is -0.410. The summed E-state index contributed by atoms with van der Waals surface area (Å²) >= 11 is 5.64. The number of rotatable bonds is 4. The molecule has 2 aromatic rings. The molecule has 126 valence electrons. The molecule has 0 bridgehead atoms. The molecule has 1 amide bonds. The molecule has 1 aromatic heterocycles. The smallest absolute Gasteiger partial charge is 0.338 e. The highest BCUT2D eigenvalue weighted by Crippen LogP contribution is 2.17. The minimum Gasteiger partial charge on any atom is -0.459 e. The van der Waals surface area contributed by atoms with Gasteiger partial charge in [0.2, 0.25) is 0 Å². The second-order valence-corrected chi connectivity index (χ2v) is 5.86. The number of hydrogen-bond acceptors (Lipinski definition) is 5. The van der Waals surface area contributed by atoms with E-state index in [0.29, 0.717) is 11.3 Å². The molecule has 0 radical (unpaired) electrons. The summed E-state index contributed by atoms with van der Waals surface area (Å²) in [5, 5.41) is 6.04. The number of ether oxygens (including phenoxy) is 1. The SMILES string of the molecule is O=C(OC1CCNCC1)c1ccc(NC(=O)c2ccc(Cl)o2)cc1. The molecule has 1 aliphatic rings. The van der Waals surface area contributed by atoms with Gasteiger partial charge < -0.3 is 19.8 Å². The van der Waals surface area contributed by atoms with Crippen LogP contribution in [-0.4, -0.2) is 31.1 Å². The zero-order valence-electron chi connectivity index (χ0n) is 12.9. The van der Waals surface area contributed by atoms with E-state index in [2.05, 4.69) is 10.6 Å². The monoisotopic (exact) mass is 348 g/mol. The molecule has 2 N–H and O–H groups in total. The van der Waals surface area contributed by atoms with Gasteiger partial charge in [-0.05, 0) is 73.9 Å². The lowest BCUT2D eigenvalue weighted by Crippen LogP contribution is -2.33. The molecule has 1 saturated heterocycles. The summed E-state index contributed by atoms with van der Waals surface area (Å²) in [5.41, 5.74) is 0.999. The highest BCUT2D eigenvalue weighted by molar-refractivity contribution is 6.29. The highest BCUT2D eigenvalue weighted by Gasteiger charge is 2.18. The van der Waals surface area contributed by atoms with Gasteiger partial charge in [0.15, 0.2) is 11.0 Å². The third-order valence-corrected chi connectivity index (χ3v) is 3.94. The van der Waals surface area contributed by atoms with Gasteiger partial charge in [-0.15, -0.1) is 0 Å². The van der Waals surface area contributed by atoms with Crippen LogP contribution >= 0.6 is 11.6 Å². The van der Waals surface area contributed by atoms with Crippen molar-refractivity contribution in [2.45, 2.75) is 18.9 Å². The van der Waals surface area contributed by atoms with Crippen molar-refractivity contribution in [3.8, 4) is 0 Å². The average molecular weight is 349 g/mol. The molecule has 0 aliphatic carbocycles. The van der Waals surface area contributed by atoms with Gasteiger partial charge in [-0.25, -0.2) is 4.79 Å². The standard InChI is InChI=1S/C17H17ClN2O4/c18-15-6-5-14(24-15)16(21)20-12-3-1-11(2-4-12)17(22)23-13-7-9-19-10-8-13/h1-6,13,19H,7-10H2,(H,20,21). The van der Waals surface area contributed by atoms with Crippen molar-refractivity contribution < 1.29 is 18.7 Å². The molecule has 2 heterocycles. The van der Waals surface area contributed by atoms with E-state index in [4.69, 9.17) is 20.8 Å². The van der Waals surface area contributed by atoms with Crippen LogP contribution in [0.15, 0.2) is 40.8 Å². The Morgan fingerprint density at radius 3 is 2.46 bits per heavy atom. The number of carbonyl (C=O) groups is 2. The Morgan fingerprint density at radius 1 is 1.12 bits per heavy atom. The van der Waals surface area contributed by atoms with Gasteiger partial charge in [-0.3, -0.25) is 4.79 Å². The van der Waals surface area contributed by atoms with Crippen molar-refractivity contribution in [3.63, 3.8) is 0 Å². The minimum absolute atomic E-state index is 0.0400. The van der Waals surface area contributed by atoms with Crippen LogP contribution in [0.3, 0.4) is 0 Å². The summed E-state index contributed by atoms with van der Waals surface area (Å²) in [5.74, 6) is -0.640. The largest absolute Gasteiger partial charge is 0.459 e. The normalized spacial score (nSPS) is 15.0. The zero-order chi connectivity index (χ0) is 16.9. The Labute approximate surface area is 144 Å². The second kappa shape index (κ2) is 7.51. The van der Waals surface area contributed by atoms with E-state index in [1.807, 2.05) is 0 Å². The van der Waals surface area contributed by atoms with Crippen molar-refractivity contribution in [1.29, 1.82) is 0 Å². The average Bonchev–Trinajstić information content (AvgIpc) is 3.03. The molecule has 0 unspecified atom stereocenters. The number of amides is 1. The van der Waals surface area contributed by atoms with Crippen molar-refractivity contribution in [2.24, 2.45) is 0 Å². The molecule has 24 heavy (non-hydrogen) atoms. The van der Waals surface area contributed by atoms with Crippen LogP contribution in [0.25, 0.3) is 0 Å². The summed E-state index contributed by atoms with van der Waals surface area (Å²) in [4.78, 5) is 24.1. The number of anilines is 1. The maximum atomic E-state index is 12.1. The summed E-state index contributed by atoms with van der Waals surface area (Å²) in [6.45, 7) is 1.72. The number of esters is 1. The van der Waals surface area contributed by atoms with Crippen molar-refractivity contribution in [3.05, 3.63) is 52.9 Å². The first-order valence-corrected chi connectivity index (χ1v) is 8.08. The van der Waals surface area contributed by atoms with E-state index in [9.17, 15) is 9.59 Å². The van der Waals surface area contributed by atoms with Gasteiger partial charge in [-0.1, -0.05) is 0 Å². The molecule has 0 saturated carbocycles. The number of furan rings is 1. The molecular weight excluding hydrogens is 332 g/mol. The number of nitrogens with one attached hydrogen (secondary N) is 2. The number of piperidine rings is 1. The summed E-state index contributed by atoms with van der Waals surface area (Å²) < 4.78 is 10.5. The van der Waals surface area contributed by atoms with Crippen LogP contribution in [0.1, 0.15) is 33.8 Å². The Kier molecular flexibility index (Phi) is 5.17. The third-order valence-electron chi connectivity index (χ3n) is 3.74. The molecule has 1 aromatic carbocycles. The lowest BCUT2D eigenvalue weighted by Gasteiger charge is -2.22. The van der Waals surface area contributed by atoms with E-state index in [1.165, 1.54) is 12.1 Å². The molecular formula is C17H17ClN2O4. The number of benzene rings is 1. The van der Waals surface area contributed by atoms with Crippen LogP contribution in [0.4, 0.5) is 5.69 Å². The van der Waals surface area contributed by atoms with E-state index >= 15 is 0 Å². The van der Waals surface area contributed by atoms with Gasteiger partial charge in [-0.2, -0.15) is 0 Å². The van der Waals surface area contributed by atoms with Gasteiger partial charge in [0.25, 0.3) is 5.91 Å². The summed E-state index contributed by atoms with van der Waals surface area (Å²) in [6, 6.07) is 9.50. The molecule has 1 fully saturated rings. The van der Waals surface area contributed by atoms with Crippen molar-refractivity contribution >= 4 is 29.2 Å². The number of halogens is 1. The fourth-order valence-electron chi connectivity index (χ4n) is 2.45. The maximum Gasteiger partial charge on any atom is 0.338 e. The maximum absolute atomic E-state index is 12.1. The molecule has 6 nitrogen and oxygen atoms in total. The first kappa shape index (κ1) is 16.5. The topological polar surface area (TPSA) is 80.6 Å². The lowest BCUT2D eigenvalue weighted by molar-refractivity contribution is 0.0229. The van der Waals surface area contributed by atoms with Gasteiger partial charge in [0.05, 0.1) is 5.56 Å². The van der Waals surface area contributed by atoms with Crippen LogP contribution in [0.5, 0.6) is 0 Å². The van der Waals surface area contributed by atoms with Gasteiger partial charge in [0, 0.05) is 5.69 Å². The van der Waals surface area contributed by atoms with Crippen molar-refractivity contribution in [2.75, 3.05) is 18.4 Å². The Balaban J connectivity index is 1.58. The van der Waals surface area contributed by atoms with Crippen LogP contribution in [-0.2, 0) is 4.74 Å². The van der Waals surface area contributed by atoms with Crippen molar-refractivity contribution in [1.82, 2.24) is 5.32 Å². The number of carbonyl (C=O) groups excluding carboxylic acids is 2. The fraction of sp³-hybridized carbons (Fsp3) is 0.294. The Bertz CT molecular complexity index is 720. The quantitative estimate of drug-likeness (QED) is 0.830. The summed E-state index contributed by atoms with van der Waals surface area (Å²) in [6.07, 6.45) is 1.61. The van der Waals surface area contributed by atoms with Gasteiger partial charge in [0.1, 0.15) is 6.10 Å². The predicted octanol–water partition coefficient (Wildman–Crippen LogP) is 3.09. The molecule has 1 aliphatic heterocycles. The second-order valence-electron chi connectivity index (χ2n) is 5.49. The predicted molar refractivity (Wildman–Crippen MR) is 89.4 cm³/mol. The van der Waals surface area contributed by atoms with E-state index < -0.39 is 5.91 Å². The van der Waals surface area contributed by atoms with Crippen LogP contribution in [0, 0.1) is 0 Å². The Morgan fingerprint density at radius 2 is 1.83 bits per heavy atom. The number of hydrogen-bond donors (Lipinski definition) is 2. The third kappa shape index (κ3) is 4.15. The first-order chi connectivity index (χ1) is 11.6. The van der Waals surface area contributed by atoms with E-state index in [0.717, 1.165) is 25.9 Å². The summed E-state index contributed by atoms with van der Waals surface area (Å²) in [7, 11) is 0. The van der Waals surface area contributed by atoms with Gasteiger partial charge >= 0.3 is 5.97 Å². The molecule has 3 rings (SSSR count). The first-order valence-electron chi connectivity index (χ1n) is 7.70. The van der Waals surface area contributed by atoms with Crippen LogP contribution < -0.4 is 10.6 Å². The molecule has 0 atom stereocenters.